The summed E-state index contributed by atoms with van der Waals surface area (Å²) in [7, 11) is -4.12. The van der Waals surface area contributed by atoms with Crippen molar-refractivity contribution in [1.82, 2.24) is 10.2 Å². The third kappa shape index (κ3) is 7.41. The smallest absolute Gasteiger partial charge is 0.264 e. The van der Waals surface area contributed by atoms with Gasteiger partial charge in [-0.2, -0.15) is 0 Å². The molecule has 1 fully saturated rings. The number of sulfonamides is 1. The molecule has 7 nitrogen and oxygen atoms in total. The molecule has 39 heavy (non-hydrogen) atoms. The summed E-state index contributed by atoms with van der Waals surface area (Å²) in [6, 6.07) is 21.0. The summed E-state index contributed by atoms with van der Waals surface area (Å²) < 4.78 is 29.4. The molecule has 3 aromatic carbocycles. The number of benzene rings is 3. The van der Waals surface area contributed by atoms with Gasteiger partial charge in [-0.25, -0.2) is 8.42 Å². The molecule has 4 rings (SSSR count). The Hall–Kier alpha value is -2.88. The van der Waals surface area contributed by atoms with Gasteiger partial charge in [0, 0.05) is 22.1 Å². The topological polar surface area (TPSA) is 86.8 Å². The lowest BCUT2D eigenvalue weighted by Gasteiger charge is -2.32. The molecule has 0 aromatic heterocycles. The van der Waals surface area contributed by atoms with Gasteiger partial charge in [-0.1, -0.05) is 70.7 Å². The quantitative estimate of drug-likeness (QED) is 0.307. The van der Waals surface area contributed by atoms with E-state index in [0.29, 0.717) is 10.7 Å². The minimum atomic E-state index is -4.12. The fourth-order valence-electron chi connectivity index (χ4n) is 4.66. The molecule has 0 bridgehead atoms. The second kappa shape index (κ2) is 13.0. The SMILES string of the molecule is CC(C(=O)NC1CCCC1)N(Cc1cccc(Br)c1)C(=O)CN(c1ccccc1)S(=O)(=O)c1ccc(Cl)cc1. The molecule has 0 aliphatic heterocycles. The van der Waals surface area contributed by atoms with E-state index < -0.39 is 28.5 Å². The van der Waals surface area contributed by atoms with Crippen molar-refractivity contribution in [2.24, 2.45) is 0 Å². The molecular formula is C29H31BrClN3O4S. The molecule has 206 valence electrons. The number of amides is 2. The molecule has 0 radical (unpaired) electrons. The number of nitrogens with zero attached hydrogens (tertiary/aromatic N) is 2. The number of rotatable bonds is 10. The summed E-state index contributed by atoms with van der Waals surface area (Å²) in [4.78, 5) is 28.6. The van der Waals surface area contributed by atoms with E-state index in [0.717, 1.165) is 40.0 Å². The highest BCUT2D eigenvalue weighted by Gasteiger charge is 2.33. The van der Waals surface area contributed by atoms with Crippen LogP contribution in [0.5, 0.6) is 0 Å². The van der Waals surface area contributed by atoms with Crippen LogP contribution in [-0.2, 0) is 26.2 Å². The van der Waals surface area contributed by atoms with Crippen LogP contribution in [-0.4, -0.2) is 43.8 Å². The van der Waals surface area contributed by atoms with Crippen LogP contribution in [0.3, 0.4) is 0 Å². The maximum absolute atomic E-state index is 13.9. The lowest BCUT2D eigenvalue weighted by atomic mass is 10.1. The summed E-state index contributed by atoms with van der Waals surface area (Å²) >= 11 is 9.45. The lowest BCUT2D eigenvalue weighted by molar-refractivity contribution is -0.139. The predicted octanol–water partition coefficient (Wildman–Crippen LogP) is 5.77. The van der Waals surface area contributed by atoms with E-state index >= 15 is 0 Å². The normalized spacial score (nSPS) is 14.5. The van der Waals surface area contributed by atoms with Crippen LogP contribution < -0.4 is 9.62 Å². The summed E-state index contributed by atoms with van der Waals surface area (Å²) in [5, 5.41) is 3.47. The second-order valence-corrected chi connectivity index (χ2v) is 12.8. The van der Waals surface area contributed by atoms with Crippen molar-refractivity contribution in [3.63, 3.8) is 0 Å². The Morgan fingerprint density at radius 3 is 2.31 bits per heavy atom. The Kier molecular flexibility index (Phi) is 9.69. The van der Waals surface area contributed by atoms with Crippen molar-refractivity contribution in [1.29, 1.82) is 0 Å². The monoisotopic (exact) mass is 631 g/mol. The van der Waals surface area contributed by atoms with E-state index in [9.17, 15) is 18.0 Å². The van der Waals surface area contributed by atoms with Gasteiger partial charge in [0.05, 0.1) is 10.6 Å². The van der Waals surface area contributed by atoms with Gasteiger partial charge >= 0.3 is 0 Å². The van der Waals surface area contributed by atoms with Crippen LogP contribution in [0.25, 0.3) is 0 Å². The number of hydrogen-bond donors (Lipinski definition) is 1. The number of hydrogen-bond acceptors (Lipinski definition) is 4. The fourth-order valence-corrected chi connectivity index (χ4v) is 6.65. The van der Waals surface area contributed by atoms with Crippen LogP contribution in [0, 0.1) is 0 Å². The molecule has 0 heterocycles. The second-order valence-electron chi connectivity index (χ2n) is 9.62. The van der Waals surface area contributed by atoms with Crippen molar-refractivity contribution in [2.45, 2.75) is 56.1 Å². The average Bonchev–Trinajstić information content (AvgIpc) is 3.43. The maximum atomic E-state index is 13.9. The van der Waals surface area contributed by atoms with E-state index in [1.54, 1.807) is 37.3 Å². The molecule has 1 aliphatic rings. The summed E-state index contributed by atoms with van der Waals surface area (Å²) in [5.74, 6) is -0.748. The number of para-hydroxylation sites is 1. The third-order valence-corrected chi connectivity index (χ3v) is 9.37. The summed E-state index contributed by atoms with van der Waals surface area (Å²) in [6.07, 6.45) is 3.96. The fraction of sp³-hybridized carbons (Fsp3) is 0.310. The highest BCUT2D eigenvalue weighted by molar-refractivity contribution is 9.10. The van der Waals surface area contributed by atoms with Crippen molar-refractivity contribution in [3.05, 3.63) is 93.9 Å². The molecular weight excluding hydrogens is 602 g/mol. The van der Waals surface area contributed by atoms with Crippen molar-refractivity contribution < 1.29 is 18.0 Å². The molecule has 1 aliphatic carbocycles. The van der Waals surface area contributed by atoms with E-state index in [1.807, 2.05) is 24.3 Å². The van der Waals surface area contributed by atoms with Gasteiger partial charge < -0.3 is 10.2 Å². The Morgan fingerprint density at radius 1 is 1.00 bits per heavy atom. The first-order valence-corrected chi connectivity index (χ1v) is 15.4. The van der Waals surface area contributed by atoms with E-state index in [1.165, 1.54) is 29.2 Å². The maximum Gasteiger partial charge on any atom is 0.264 e. The molecule has 0 spiro atoms. The first-order chi connectivity index (χ1) is 18.6. The lowest BCUT2D eigenvalue weighted by Crippen LogP contribution is -2.52. The van der Waals surface area contributed by atoms with E-state index in [-0.39, 0.29) is 23.4 Å². The minimum Gasteiger partial charge on any atom is -0.352 e. The van der Waals surface area contributed by atoms with Crippen molar-refractivity contribution >= 4 is 55.1 Å². The number of halogens is 2. The molecule has 2 amide bonds. The number of nitrogens with one attached hydrogen (secondary N) is 1. The standard InChI is InChI=1S/C29H31BrClN3O4S/c1-21(29(36)32-25-10-5-6-11-25)33(19-22-8-7-9-23(30)18-22)28(35)20-34(26-12-3-2-4-13-26)39(37,38)27-16-14-24(31)15-17-27/h2-4,7-9,12-18,21,25H,5-6,10-11,19-20H2,1H3,(H,32,36). The van der Waals surface area contributed by atoms with Gasteiger partial charge in [-0.05, 0) is 73.9 Å². The zero-order valence-corrected chi connectivity index (χ0v) is 24.8. The van der Waals surface area contributed by atoms with Gasteiger partial charge in [0.1, 0.15) is 12.6 Å². The minimum absolute atomic E-state index is 0.00844. The van der Waals surface area contributed by atoms with Crippen LogP contribution in [0.2, 0.25) is 5.02 Å². The Bertz CT molecular complexity index is 1400. The van der Waals surface area contributed by atoms with Gasteiger partial charge in [0.25, 0.3) is 10.0 Å². The zero-order valence-electron chi connectivity index (χ0n) is 21.6. The molecule has 10 heteroatoms. The number of carbonyl (C=O) groups excluding carboxylic acids is 2. The Labute approximate surface area is 243 Å². The van der Waals surface area contributed by atoms with Crippen molar-refractivity contribution in [3.8, 4) is 0 Å². The largest absolute Gasteiger partial charge is 0.352 e. The molecule has 1 N–H and O–H groups in total. The Morgan fingerprint density at radius 2 is 1.67 bits per heavy atom. The average molecular weight is 633 g/mol. The number of anilines is 1. The zero-order chi connectivity index (χ0) is 28.0. The van der Waals surface area contributed by atoms with Crippen molar-refractivity contribution in [2.75, 3.05) is 10.8 Å². The third-order valence-electron chi connectivity index (χ3n) is 6.84. The van der Waals surface area contributed by atoms with Crippen LogP contribution in [0.4, 0.5) is 5.69 Å². The molecule has 1 unspecified atom stereocenters. The van der Waals surface area contributed by atoms with Gasteiger partial charge in [-0.3, -0.25) is 13.9 Å². The number of carbonyl (C=O) groups is 2. The summed E-state index contributed by atoms with van der Waals surface area (Å²) in [6.45, 7) is 1.34. The van der Waals surface area contributed by atoms with Gasteiger partial charge in [0.15, 0.2) is 0 Å². The van der Waals surface area contributed by atoms with E-state index in [2.05, 4.69) is 21.2 Å². The van der Waals surface area contributed by atoms with Crippen LogP contribution >= 0.6 is 27.5 Å². The van der Waals surface area contributed by atoms with E-state index in [4.69, 9.17) is 11.6 Å². The van der Waals surface area contributed by atoms with Crippen LogP contribution in [0.15, 0.2) is 88.2 Å². The molecule has 1 saturated carbocycles. The van der Waals surface area contributed by atoms with Crippen LogP contribution in [0.1, 0.15) is 38.2 Å². The molecule has 1 atom stereocenters. The first-order valence-electron chi connectivity index (χ1n) is 12.8. The highest BCUT2D eigenvalue weighted by Crippen LogP contribution is 2.26. The first kappa shape index (κ1) is 29.1. The van der Waals surface area contributed by atoms with Gasteiger partial charge in [-0.15, -0.1) is 0 Å². The molecule has 3 aromatic rings. The van der Waals surface area contributed by atoms with Gasteiger partial charge in [0.2, 0.25) is 11.8 Å². The summed E-state index contributed by atoms with van der Waals surface area (Å²) in [5.41, 5.74) is 1.15. The molecule has 0 saturated heterocycles. The Balaban J connectivity index is 1.66. The predicted molar refractivity (Wildman–Crippen MR) is 157 cm³/mol. The highest BCUT2D eigenvalue weighted by atomic mass is 79.9.